The summed E-state index contributed by atoms with van der Waals surface area (Å²) in [6.07, 6.45) is 2.64. The lowest BCUT2D eigenvalue weighted by atomic mass is 10.4. The maximum absolute atomic E-state index is 9.29. The van der Waals surface area contributed by atoms with E-state index in [9.17, 15) is 9.59 Å². The van der Waals surface area contributed by atoms with E-state index < -0.39 is 11.9 Å². The second-order valence-corrected chi connectivity index (χ2v) is 2.74. The Morgan fingerprint density at radius 2 is 1.07 bits per heavy atom. The fourth-order valence-electron chi connectivity index (χ4n) is 0. The lowest BCUT2D eigenvalue weighted by molar-refractivity contribution is -0.134. The highest BCUT2D eigenvalue weighted by molar-refractivity contribution is 7.81. The molecular weight excluding hydrogens is 224 g/mol. The van der Waals surface area contributed by atoms with E-state index in [2.05, 4.69) is 39.1 Å². The molecule has 0 aliphatic carbocycles. The minimum absolute atomic E-state index is 0.0833. The third-order valence-electron chi connectivity index (χ3n) is 0.771. The van der Waals surface area contributed by atoms with Gasteiger partial charge in [-0.2, -0.15) is 25.3 Å². The van der Waals surface area contributed by atoms with Crippen molar-refractivity contribution in [3.63, 3.8) is 0 Å². The number of aliphatic carboxylic acids is 2. The first kappa shape index (κ1) is 19.2. The number of unbranched alkanes of at least 4 members (excludes halogenated alkanes) is 1. The smallest absolute Gasteiger partial charge is 0.313 e. The van der Waals surface area contributed by atoms with Crippen LogP contribution in [0.5, 0.6) is 0 Å². The summed E-state index contributed by atoms with van der Waals surface area (Å²) in [5, 5.41) is 15.3. The highest BCUT2D eigenvalue weighted by atomic mass is 32.1. The summed E-state index contributed by atoms with van der Waals surface area (Å²) in [5.41, 5.74) is 0. The van der Waals surface area contributed by atoms with Crippen molar-refractivity contribution in [1.29, 1.82) is 0 Å². The van der Waals surface area contributed by atoms with Crippen LogP contribution in [-0.2, 0) is 9.59 Å². The summed E-state index contributed by atoms with van der Waals surface area (Å²) in [5.74, 6) is -1.93. The van der Waals surface area contributed by atoms with Crippen molar-refractivity contribution in [2.45, 2.75) is 26.7 Å². The zero-order valence-electron chi connectivity index (χ0n) is 8.43. The number of hydrogen-bond acceptors (Lipinski definition) is 4. The fraction of sp³-hybridized carbons (Fsp3) is 0.750. The van der Waals surface area contributed by atoms with Gasteiger partial charge in [0.05, 0.1) is 11.5 Å². The Kier molecular flexibility index (Phi) is 25.3. The van der Waals surface area contributed by atoms with Crippen LogP contribution in [-0.4, -0.2) is 33.7 Å². The van der Waals surface area contributed by atoms with E-state index in [-0.39, 0.29) is 11.5 Å². The molecule has 0 unspecified atom stereocenters. The van der Waals surface area contributed by atoms with Gasteiger partial charge in [-0.3, -0.25) is 9.59 Å². The molecule has 0 spiro atoms. The molecule has 6 heteroatoms. The minimum atomic E-state index is -0.881. The van der Waals surface area contributed by atoms with E-state index in [1.165, 1.54) is 12.8 Å². The molecule has 0 fully saturated rings. The van der Waals surface area contributed by atoms with Gasteiger partial charge in [0.2, 0.25) is 0 Å². The number of carbonyl (C=O) groups is 2. The largest absolute Gasteiger partial charge is 0.481 e. The molecule has 0 rings (SSSR count). The Labute approximate surface area is 95.5 Å². The van der Waals surface area contributed by atoms with Crippen molar-refractivity contribution in [2.75, 3.05) is 11.5 Å². The van der Waals surface area contributed by atoms with Crippen molar-refractivity contribution in [2.24, 2.45) is 0 Å². The average molecular weight is 242 g/mol. The second-order valence-electron chi connectivity index (χ2n) is 2.10. The van der Waals surface area contributed by atoms with Crippen molar-refractivity contribution >= 4 is 37.2 Å². The van der Waals surface area contributed by atoms with E-state index in [0.717, 1.165) is 0 Å². The van der Waals surface area contributed by atoms with Gasteiger partial charge in [-0.25, -0.2) is 0 Å². The van der Waals surface area contributed by atoms with Gasteiger partial charge in [0, 0.05) is 0 Å². The SMILES string of the molecule is CCCC.O=C(O)CS.O=C(O)CS. The third-order valence-corrected chi connectivity index (χ3v) is 1.31. The van der Waals surface area contributed by atoms with Gasteiger partial charge in [-0.05, 0) is 0 Å². The Bertz CT molecular complexity index is 123. The Morgan fingerprint density at radius 3 is 1.07 bits per heavy atom. The van der Waals surface area contributed by atoms with Crippen molar-refractivity contribution in [3.05, 3.63) is 0 Å². The molecule has 0 bridgehead atoms. The minimum Gasteiger partial charge on any atom is -0.481 e. The van der Waals surface area contributed by atoms with Crippen molar-refractivity contribution in [1.82, 2.24) is 0 Å². The molecule has 0 amide bonds. The van der Waals surface area contributed by atoms with E-state index in [4.69, 9.17) is 10.2 Å². The monoisotopic (exact) mass is 242 g/mol. The molecule has 0 atom stereocenters. The van der Waals surface area contributed by atoms with Crippen LogP contribution in [0.4, 0.5) is 0 Å². The van der Waals surface area contributed by atoms with Gasteiger partial charge in [0.1, 0.15) is 0 Å². The molecular formula is C8H18O4S2. The Balaban J connectivity index is -0.000000131. The van der Waals surface area contributed by atoms with E-state index >= 15 is 0 Å². The summed E-state index contributed by atoms with van der Waals surface area (Å²) >= 11 is 6.83. The summed E-state index contributed by atoms with van der Waals surface area (Å²) in [7, 11) is 0. The van der Waals surface area contributed by atoms with Crippen LogP contribution < -0.4 is 0 Å². The normalized spacial score (nSPS) is 7.43. The van der Waals surface area contributed by atoms with Crippen LogP contribution in [0.1, 0.15) is 26.7 Å². The maximum Gasteiger partial charge on any atom is 0.313 e. The zero-order valence-corrected chi connectivity index (χ0v) is 10.2. The van der Waals surface area contributed by atoms with Gasteiger partial charge in [0.25, 0.3) is 0 Å². The molecule has 0 aromatic rings. The molecule has 0 heterocycles. The van der Waals surface area contributed by atoms with Gasteiger partial charge in [0.15, 0.2) is 0 Å². The predicted molar refractivity (Wildman–Crippen MR) is 63.6 cm³/mol. The second kappa shape index (κ2) is 18.4. The van der Waals surface area contributed by atoms with Crippen molar-refractivity contribution in [3.8, 4) is 0 Å². The van der Waals surface area contributed by atoms with Crippen LogP contribution in [0.2, 0.25) is 0 Å². The molecule has 4 nitrogen and oxygen atoms in total. The zero-order chi connectivity index (χ0) is 12.0. The number of rotatable bonds is 3. The van der Waals surface area contributed by atoms with Crippen LogP contribution in [0.15, 0.2) is 0 Å². The summed E-state index contributed by atoms with van der Waals surface area (Å²) in [6.45, 7) is 4.36. The number of hydrogen-bond donors (Lipinski definition) is 4. The highest BCUT2D eigenvalue weighted by Crippen LogP contribution is 1.76. The quantitative estimate of drug-likeness (QED) is 0.569. The van der Waals surface area contributed by atoms with Gasteiger partial charge in [-0.15, -0.1) is 0 Å². The third kappa shape index (κ3) is 61.2. The van der Waals surface area contributed by atoms with Crippen LogP contribution in [0.25, 0.3) is 0 Å². The van der Waals surface area contributed by atoms with Crippen LogP contribution in [0, 0.1) is 0 Å². The fourth-order valence-corrected chi connectivity index (χ4v) is 0. The molecule has 0 saturated heterocycles. The number of carboxylic acids is 2. The van der Waals surface area contributed by atoms with Gasteiger partial charge >= 0.3 is 11.9 Å². The molecule has 0 radical (unpaired) electrons. The van der Waals surface area contributed by atoms with Gasteiger partial charge in [-0.1, -0.05) is 26.7 Å². The van der Waals surface area contributed by atoms with Crippen LogP contribution >= 0.6 is 25.3 Å². The molecule has 86 valence electrons. The highest BCUT2D eigenvalue weighted by Gasteiger charge is 1.82. The molecule has 0 aliphatic rings. The van der Waals surface area contributed by atoms with E-state index in [0.29, 0.717) is 0 Å². The molecule has 0 aliphatic heterocycles. The maximum atomic E-state index is 9.29. The molecule has 0 aromatic heterocycles. The first-order valence-electron chi connectivity index (χ1n) is 4.11. The summed E-state index contributed by atoms with van der Waals surface area (Å²) < 4.78 is 0. The lowest BCUT2D eigenvalue weighted by Crippen LogP contribution is -1.92. The van der Waals surface area contributed by atoms with E-state index in [1.807, 2.05) is 0 Å². The molecule has 2 N–H and O–H groups in total. The standard InChI is InChI=1S/C4H10.2C2H4O2S/c1-3-4-2;2*3-2(4)1-5/h3-4H2,1-2H3;2*5H,1H2,(H,3,4). The summed E-state index contributed by atoms with van der Waals surface area (Å²) in [6, 6.07) is 0. The van der Waals surface area contributed by atoms with Crippen LogP contribution in [0.3, 0.4) is 0 Å². The Hall–Kier alpha value is -0.360. The van der Waals surface area contributed by atoms with Crippen molar-refractivity contribution < 1.29 is 19.8 Å². The van der Waals surface area contributed by atoms with Gasteiger partial charge < -0.3 is 10.2 Å². The molecule has 0 aromatic carbocycles. The molecule has 0 saturated carbocycles. The number of carboxylic acid groups (broad SMARTS) is 2. The molecule has 14 heavy (non-hydrogen) atoms. The first-order valence-corrected chi connectivity index (χ1v) is 5.37. The summed E-state index contributed by atoms with van der Waals surface area (Å²) in [4.78, 5) is 18.6. The lowest BCUT2D eigenvalue weighted by Gasteiger charge is -1.71. The number of thiol groups is 2. The first-order chi connectivity index (χ1) is 6.45. The van der Waals surface area contributed by atoms with E-state index in [1.54, 1.807) is 0 Å². The topological polar surface area (TPSA) is 74.6 Å². The average Bonchev–Trinajstić information content (AvgIpc) is 2.19. The predicted octanol–water partition coefficient (Wildman–Crippen LogP) is 1.81. The Morgan fingerprint density at radius 1 is 0.929 bits per heavy atom.